The van der Waals surface area contributed by atoms with Crippen LogP contribution in [0.15, 0.2) is 27.6 Å². The number of ether oxygens (including phenoxy) is 1. The summed E-state index contributed by atoms with van der Waals surface area (Å²) in [6.45, 7) is 3.02. The molecule has 0 spiro atoms. The maximum Gasteiger partial charge on any atom is 0.339 e. The van der Waals surface area contributed by atoms with E-state index in [0.717, 1.165) is 0 Å². The SMILES string of the molecule is COC(=O)c1cc(NS(=O)(=O)c2c(C)noc2C)ccc1Cl. The van der Waals surface area contributed by atoms with Crippen molar-refractivity contribution in [3.05, 3.63) is 40.2 Å². The summed E-state index contributed by atoms with van der Waals surface area (Å²) in [7, 11) is -2.69. The van der Waals surface area contributed by atoms with Gasteiger partial charge in [0.25, 0.3) is 10.0 Å². The molecule has 0 saturated heterocycles. The first-order chi connectivity index (χ1) is 10.3. The Morgan fingerprint density at radius 3 is 2.59 bits per heavy atom. The van der Waals surface area contributed by atoms with Crippen LogP contribution in [0.4, 0.5) is 5.69 Å². The Balaban J connectivity index is 2.41. The van der Waals surface area contributed by atoms with Crippen LogP contribution in [0.25, 0.3) is 0 Å². The fourth-order valence-corrected chi connectivity index (χ4v) is 3.50. The summed E-state index contributed by atoms with van der Waals surface area (Å²) in [6, 6.07) is 4.13. The molecular weight excluding hydrogens is 332 g/mol. The van der Waals surface area contributed by atoms with Gasteiger partial charge in [0.15, 0.2) is 10.7 Å². The fourth-order valence-electron chi connectivity index (χ4n) is 1.92. The van der Waals surface area contributed by atoms with Gasteiger partial charge >= 0.3 is 5.97 Å². The number of carbonyl (C=O) groups is 1. The number of aryl methyl sites for hydroxylation is 2. The zero-order valence-corrected chi connectivity index (χ0v) is 13.6. The van der Waals surface area contributed by atoms with Gasteiger partial charge in [0.1, 0.15) is 5.69 Å². The quantitative estimate of drug-likeness (QED) is 0.856. The molecule has 0 saturated carbocycles. The largest absolute Gasteiger partial charge is 0.465 e. The first-order valence-electron chi connectivity index (χ1n) is 6.10. The molecule has 0 aliphatic heterocycles. The predicted octanol–water partition coefficient (Wildman–Crippen LogP) is 2.53. The molecule has 2 aromatic rings. The van der Waals surface area contributed by atoms with Gasteiger partial charge in [-0.1, -0.05) is 16.8 Å². The second-order valence-corrected chi connectivity index (χ2v) is 6.47. The second kappa shape index (κ2) is 5.98. The van der Waals surface area contributed by atoms with Crippen LogP contribution in [0.3, 0.4) is 0 Å². The number of carbonyl (C=O) groups excluding carboxylic acids is 1. The lowest BCUT2D eigenvalue weighted by Gasteiger charge is -2.09. The van der Waals surface area contributed by atoms with Gasteiger partial charge in [0, 0.05) is 5.69 Å². The van der Waals surface area contributed by atoms with Crippen molar-refractivity contribution in [3.8, 4) is 0 Å². The molecule has 1 N–H and O–H groups in total. The van der Waals surface area contributed by atoms with Crippen molar-refractivity contribution < 1.29 is 22.5 Å². The molecule has 118 valence electrons. The van der Waals surface area contributed by atoms with Crippen molar-refractivity contribution in [2.75, 3.05) is 11.8 Å². The van der Waals surface area contributed by atoms with E-state index in [4.69, 9.17) is 16.1 Å². The number of anilines is 1. The summed E-state index contributed by atoms with van der Waals surface area (Å²) >= 11 is 5.89. The van der Waals surface area contributed by atoms with Gasteiger partial charge in [-0.15, -0.1) is 0 Å². The molecule has 9 heteroatoms. The summed E-state index contributed by atoms with van der Waals surface area (Å²) in [5.41, 5.74) is 0.472. The number of hydrogen-bond donors (Lipinski definition) is 1. The molecule has 0 fully saturated rings. The summed E-state index contributed by atoms with van der Waals surface area (Å²) in [4.78, 5) is 11.5. The number of esters is 1. The van der Waals surface area contributed by atoms with Gasteiger partial charge in [-0.25, -0.2) is 13.2 Å². The van der Waals surface area contributed by atoms with Crippen molar-refractivity contribution in [3.63, 3.8) is 0 Å². The van der Waals surface area contributed by atoms with E-state index < -0.39 is 16.0 Å². The number of methoxy groups -OCH3 is 1. The van der Waals surface area contributed by atoms with E-state index >= 15 is 0 Å². The van der Waals surface area contributed by atoms with Gasteiger partial charge in [0.05, 0.1) is 17.7 Å². The molecule has 0 aliphatic carbocycles. The Morgan fingerprint density at radius 1 is 1.36 bits per heavy atom. The van der Waals surface area contributed by atoms with Gasteiger partial charge in [0.2, 0.25) is 0 Å². The minimum atomic E-state index is -3.89. The average molecular weight is 345 g/mol. The third-order valence-corrected chi connectivity index (χ3v) is 4.81. The van der Waals surface area contributed by atoms with Crippen LogP contribution in [0.2, 0.25) is 5.02 Å². The van der Waals surface area contributed by atoms with Crippen molar-refractivity contribution in [1.82, 2.24) is 5.16 Å². The van der Waals surface area contributed by atoms with Crippen molar-refractivity contribution in [2.24, 2.45) is 0 Å². The Labute approximate surface area is 132 Å². The Hall–Kier alpha value is -2.06. The van der Waals surface area contributed by atoms with E-state index in [9.17, 15) is 13.2 Å². The van der Waals surface area contributed by atoms with Crippen LogP contribution < -0.4 is 4.72 Å². The molecule has 0 radical (unpaired) electrons. The highest BCUT2D eigenvalue weighted by Gasteiger charge is 2.24. The molecule has 0 atom stereocenters. The minimum absolute atomic E-state index is 0.0398. The molecule has 1 aromatic heterocycles. The molecule has 7 nitrogen and oxygen atoms in total. The fraction of sp³-hybridized carbons (Fsp3) is 0.231. The van der Waals surface area contributed by atoms with Crippen molar-refractivity contribution in [2.45, 2.75) is 18.7 Å². The Kier molecular flexibility index (Phi) is 4.43. The maximum atomic E-state index is 12.4. The number of nitrogens with one attached hydrogen (secondary N) is 1. The van der Waals surface area contributed by atoms with Gasteiger partial charge in [-0.05, 0) is 32.0 Å². The summed E-state index contributed by atoms with van der Waals surface area (Å²) in [5.74, 6) is -0.490. The van der Waals surface area contributed by atoms with Crippen molar-refractivity contribution in [1.29, 1.82) is 0 Å². The molecular formula is C13H13ClN2O5S. The minimum Gasteiger partial charge on any atom is -0.465 e. The van der Waals surface area contributed by atoms with Crippen LogP contribution in [0.5, 0.6) is 0 Å². The number of halogens is 1. The molecule has 0 aliphatic rings. The van der Waals surface area contributed by atoms with E-state index in [2.05, 4.69) is 14.6 Å². The number of hydrogen-bond acceptors (Lipinski definition) is 6. The second-order valence-electron chi connectivity index (χ2n) is 4.45. The monoisotopic (exact) mass is 344 g/mol. The highest BCUT2D eigenvalue weighted by Crippen LogP contribution is 2.25. The van der Waals surface area contributed by atoms with E-state index in [0.29, 0.717) is 0 Å². The van der Waals surface area contributed by atoms with Crippen LogP contribution in [0.1, 0.15) is 21.8 Å². The highest BCUT2D eigenvalue weighted by atomic mass is 35.5. The number of aromatic nitrogens is 1. The molecule has 0 unspecified atom stereocenters. The molecule has 0 bridgehead atoms. The standard InChI is InChI=1S/C13H13ClN2O5S/c1-7-12(8(2)21-15-7)22(18,19)16-9-4-5-11(14)10(6-9)13(17)20-3/h4-6,16H,1-3H3. The van der Waals surface area contributed by atoms with E-state index in [1.54, 1.807) is 0 Å². The predicted molar refractivity (Wildman–Crippen MR) is 79.6 cm³/mol. The lowest BCUT2D eigenvalue weighted by Crippen LogP contribution is -2.15. The molecule has 0 amide bonds. The molecule has 1 heterocycles. The third-order valence-electron chi connectivity index (χ3n) is 2.86. The first-order valence-corrected chi connectivity index (χ1v) is 7.96. The zero-order valence-electron chi connectivity index (χ0n) is 12.0. The van der Waals surface area contributed by atoms with E-state index in [1.165, 1.54) is 39.2 Å². The molecule has 22 heavy (non-hydrogen) atoms. The normalized spacial score (nSPS) is 11.3. The summed E-state index contributed by atoms with van der Waals surface area (Å²) < 4.78 is 36.6. The Bertz CT molecular complexity index is 809. The van der Waals surface area contributed by atoms with Gasteiger partial charge in [-0.2, -0.15) is 0 Å². The first kappa shape index (κ1) is 16.3. The Morgan fingerprint density at radius 2 is 2.05 bits per heavy atom. The smallest absolute Gasteiger partial charge is 0.339 e. The number of benzene rings is 1. The summed E-state index contributed by atoms with van der Waals surface area (Å²) in [5, 5.41) is 3.77. The van der Waals surface area contributed by atoms with Crippen LogP contribution >= 0.6 is 11.6 Å². The number of nitrogens with zero attached hydrogens (tertiary/aromatic N) is 1. The summed E-state index contributed by atoms with van der Waals surface area (Å²) in [6.07, 6.45) is 0. The zero-order chi connectivity index (χ0) is 16.5. The van der Waals surface area contributed by atoms with Crippen LogP contribution in [-0.2, 0) is 14.8 Å². The van der Waals surface area contributed by atoms with Crippen molar-refractivity contribution >= 4 is 33.3 Å². The third kappa shape index (κ3) is 3.07. The van der Waals surface area contributed by atoms with E-state index in [-0.39, 0.29) is 32.6 Å². The topological polar surface area (TPSA) is 98.5 Å². The molecule has 1 aromatic carbocycles. The number of rotatable bonds is 4. The lowest BCUT2D eigenvalue weighted by atomic mass is 10.2. The van der Waals surface area contributed by atoms with Gasteiger partial charge < -0.3 is 9.26 Å². The average Bonchev–Trinajstić information content (AvgIpc) is 2.79. The van der Waals surface area contributed by atoms with Crippen LogP contribution in [0, 0.1) is 13.8 Å². The van der Waals surface area contributed by atoms with Gasteiger partial charge in [-0.3, -0.25) is 4.72 Å². The number of sulfonamides is 1. The highest BCUT2D eigenvalue weighted by molar-refractivity contribution is 7.92. The maximum absolute atomic E-state index is 12.4. The van der Waals surface area contributed by atoms with Crippen LogP contribution in [-0.4, -0.2) is 26.7 Å². The lowest BCUT2D eigenvalue weighted by molar-refractivity contribution is 0.0601. The molecule has 2 rings (SSSR count). The van der Waals surface area contributed by atoms with E-state index in [1.807, 2.05) is 0 Å².